The minimum atomic E-state index is -4.64. The molecule has 0 aliphatic carbocycles. The van der Waals surface area contributed by atoms with E-state index in [1.54, 1.807) is 0 Å². The van der Waals surface area contributed by atoms with E-state index in [4.69, 9.17) is 15.0 Å². The number of halogens is 5. The second kappa shape index (κ2) is 6.73. The molecule has 2 aliphatic rings. The Morgan fingerprint density at radius 1 is 1.43 bits per heavy atom. The molecule has 28 heavy (non-hydrogen) atoms. The number of phosphoric ester groups is 1. The van der Waals surface area contributed by atoms with Gasteiger partial charge in [-0.05, 0) is 13.8 Å². The number of hydrogen-bond acceptors (Lipinski definition) is 8. The molecule has 1 aromatic rings. The van der Waals surface area contributed by atoms with Crippen molar-refractivity contribution in [3.8, 4) is 0 Å². The molecule has 4 unspecified atom stereocenters. The summed E-state index contributed by atoms with van der Waals surface area (Å²) in [5.41, 5.74) is 0.508. The number of nitrogens with two attached hydrogens (primary N) is 1. The molecule has 2 aliphatic heterocycles. The van der Waals surface area contributed by atoms with Crippen molar-refractivity contribution in [3.63, 3.8) is 0 Å². The highest BCUT2D eigenvalue weighted by Gasteiger charge is 2.75. The van der Waals surface area contributed by atoms with Crippen LogP contribution >= 0.6 is 7.82 Å². The predicted octanol–water partition coefficient (Wildman–Crippen LogP) is 2.08. The van der Waals surface area contributed by atoms with Crippen LogP contribution in [0, 0.1) is 5.82 Å². The van der Waals surface area contributed by atoms with Gasteiger partial charge in [0.2, 0.25) is 6.23 Å². The van der Waals surface area contributed by atoms with E-state index < -0.39 is 68.1 Å². The third kappa shape index (κ3) is 3.22. The molecule has 0 aromatic carbocycles. The Hall–Kier alpha value is -1.60. The first kappa shape index (κ1) is 21.1. The number of fused-ring (bicyclic) bond motifs is 1. The standard InChI is InChI=1S/C13H15F5N3O6P/c1-5(2)26-28(23)24-4-12(9(15)16)8(27-28)13(17,18)10(25-12)21-3-6(14)7(19)20-11(21)22/h3,5,8-10H,4H2,1-2H3,(H2,19,20,22). The van der Waals surface area contributed by atoms with Crippen molar-refractivity contribution >= 4 is 13.6 Å². The zero-order valence-corrected chi connectivity index (χ0v) is 15.2. The van der Waals surface area contributed by atoms with E-state index in [1.807, 2.05) is 0 Å². The van der Waals surface area contributed by atoms with Crippen LogP contribution in [0.25, 0.3) is 0 Å². The third-order valence-electron chi connectivity index (χ3n) is 4.03. The van der Waals surface area contributed by atoms with E-state index in [1.165, 1.54) is 13.8 Å². The molecule has 9 nitrogen and oxygen atoms in total. The maximum atomic E-state index is 15.0. The van der Waals surface area contributed by atoms with Crippen LogP contribution in [0.2, 0.25) is 0 Å². The van der Waals surface area contributed by atoms with Gasteiger partial charge in [0, 0.05) is 0 Å². The lowest BCUT2D eigenvalue weighted by molar-refractivity contribution is -0.209. The molecular weight excluding hydrogens is 420 g/mol. The zero-order valence-electron chi connectivity index (χ0n) is 14.4. The van der Waals surface area contributed by atoms with Crippen LogP contribution < -0.4 is 11.4 Å². The Labute approximate surface area is 154 Å². The van der Waals surface area contributed by atoms with Crippen molar-refractivity contribution in [3.05, 3.63) is 22.5 Å². The molecule has 0 amide bonds. The highest BCUT2D eigenvalue weighted by Crippen LogP contribution is 2.64. The molecule has 2 saturated heterocycles. The van der Waals surface area contributed by atoms with Crippen LogP contribution in [0.15, 0.2) is 11.0 Å². The molecule has 2 N–H and O–H groups in total. The van der Waals surface area contributed by atoms with Gasteiger partial charge in [0.1, 0.15) is 0 Å². The highest BCUT2D eigenvalue weighted by atomic mass is 31.2. The van der Waals surface area contributed by atoms with Crippen LogP contribution in [0.4, 0.5) is 27.8 Å². The summed E-state index contributed by atoms with van der Waals surface area (Å²) in [6.07, 6.45) is -9.75. The molecule has 2 fully saturated rings. The number of phosphoric acid groups is 1. The van der Waals surface area contributed by atoms with Crippen molar-refractivity contribution in [1.82, 2.24) is 9.55 Å². The number of anilines is 1. The summed E-state index contributed by atoms with van der Waals surface area (Å²) >= 11 is 0. The van der Waals surface area contributed by atoms with Gasteiger partial charge in [-0.2, -0.15) is 13.8 Å². The topological polar surface area (TPSA) is 115 Å². The molecule has 0 radical (unpaired) electrons. The van der Waals surface area contributed by atoms with Gasteiger partial charge in [0.05, 0.1) is 18.9 Å². The summed E-state index contributed by atoms with van der Waals surface area (Å²) in [7, 11) is -4.64. The first-order valence-corrected chi connectivity index (χ1v) is 9.28. The van der Waals surface area contributed by atoms with Crippen LogP contribution in [0.1, 0.15) is 20.1 Å². The van der Waals surface area contributed by atoms with Crippen molar-refractivity contribution in [1.29, 1.82) is 0 Å². The van der Waals surface area contributed by atoms with Gasteiger partial charge in [0.15, 0.2) is 23.3 Å². The molecule has 0 bridgehead atoms. The van der Waals surface area contributed by atoms with Gasteiger partial charge < -0.3 is 10.5 Å². The second-order valence-electron chi connectivity index (χ2n) is 6.42. The lowest BCUT2D eigenvalue weighted by Gasteiger charge is -2.39. The van der Waals surface area contributed by atoms with E-state index in [9.17, 15) is 31.3 Å². The van der Waals surface area contributed by atoms with E-state index in [2.05, 4.69) is 14.0 Å². The molecule has 3 rings (SSSR count). The van der Waals surface area contributed by atoms with Crippen molar-refractivity contribution < 1.29 is 44.8 Å². The Kier molecular flexibility index (Phi) is 5.08. The second-order valence-corrected chi connectivity index (χ2v) is 8.00. The zero-order chi connectivity index (χ0) is 21.1. The summed E-state index contributed by atoms with van der Waals surface area (Å²) in [4.78, 5) is 14.9. The number of ether oxygens (including phenoxy) is 1. The number of rotatable bonds is 4. The van der Waals surface area contributed by atoms with Crippen LogP contribution in [-0.4, -0.2) is 46.3 Å². The average molecular weight is 435 g/mol. The summed E-state index contributed by atoms with van der Waals surface area (Å²) in [6.45, 7) is 1.48. The normalized spacial score (nSPS) is 34.8. The third-order valence-corrected chi connectivity index (χ3v) is 5.63. The number of nitrogens with zero attached hydrogens (tertiary/aromatic N) is 2. The number of alkyl halides is 4. The molecule has 3 heterocycles. The van der Waals surface area contributed by atoms with Crippen LogP contribution in [-0.2, 0) is 22.9 Å². The number of nitrogen functional groups attached to an aromatic ring is 1. The maximum Gasteiger partial charge on any atom is 0.475 e. The van der Waals surface area contributed by atoms with Crippen molar-refractivity contribution in [2.45, 2.75) is 50.2 Å². The van der Waals surface area contributed by atoms with Crippen LogP contribution in [0.3, 0.4) is 0 Å². The van der Waals surface area contributed by atoms with Gasteiger partial charge >= 0.3 is 19.4 Å². The van der Waals surface area contributed by atoms with Crippen molar-refractivity contribution in [2.24, 2.45) is 0 Å². The van der Waals surface area contributed by atoms with E-state index in [0.29, 0.717) is 0 Å². The van der Waals surface area contributed by atoms with Crippen molar-refractivity contribution in [2.75, 3.05) is 12.3 Å². The summed E-state index contributed by atoms with van der Waals surface area (Å²) in [5.74, 6) is -6.60. The molecule has 4 atom stereocenters. The van der Waals surface area contributed by atoms with Gasteiger partial charge in [-0.3, -0.25) is 18.1 Å². The smallest absolute Gasteiger partial charge is 0.381 e. The molecule has 158 valence electrons. The van der Waals surface area contributed by atoms with E-state index in [0.717, 1.165) is 0 Å². The average Bonchev–Trinajstić information content (AvgIpc) is 2.79. The fourth-order valence-corrected chi connectivity index (χ4v) is 4.45. The Morgan fingerprint density at radius 2 is 2.07 bits per heavy atom. The van der Waals surface area contributed by atoms with Gasteiger partial charge in [0.25, 0.3) is 6.43 Å². The summed E-state index contributed by atoms with van der Waals surface area (Å²) < 4.78 is 102. The number of aromatic nitrogens is 2. The molecule has 15 heteroatoms. The van der Waals surface area contributed by atoms with Crippen LogP contribution in [0.5, 0.6) is 0 Å². The largest absolute Gasteiger partial charge is 0.475 e. The fourth-order valence-electron chi connectivity index (χ4n) is 2.82. The Bertz CT molecular complexity index is 883. The first-order chi connectivity index (χ1) is 12.8. The lowest BCUT2D eigenvalue weighted by atomic mass is 9.96. The lowest BCUT2D eigenvalue weighted by Crippen LogP contribution is -2.57. The fraction of sp³-hybridized carbons (Fsp3) is 0.692. The maximum absolute atomic E-state index is 15.0. The van der Waals surface area contributed by atoms with Gasteiger partial charge in [-0.15, -0.1) is 0 Å². The van der Waals surface area contributed by atoms with E-state index in [-0.39, 0.29) is 10.8 Å². The SMILES string of the molecule is CC(C)OP1(=O)OCC2(C(F)F)OC(n3cc(F)c(N)nc3=O)C(F)(F)C2O1. The highest BCUT2D eigenvalue weighted by molar-refractivity contribution is 7.48. The predicted molar refractivity (Wildman–Crippen MR) is 81.3 cm³/mol. The quantitative estimate of drug-likeness (QED) is 0.565. The minimum Gasteiger partial charge on any atom is -0.381 e. The molecule has 0 saturated carbocycles. The first-order valence-electron chi connectivity index (χ1n) is 7.82. The summed E-state index contributed by atoms with van der Waals surface area (Å²) in [5, 5.41) is 0. The Balaban J connectivity index is 2.08. The Morgan fingerprint density at radius 3 is 2.64 bits per heavy atom. The monoisotopic (exact) mass is 435 g/mol. The van der Waals surface area contributed by atoms with Gasteiger partial charge in [-0.25, -0.2) is 22.5 Å². The summed E-state index contributed by atoms with van der Waals surface area (Å²) in [6, 6.07) is 0. The van der Waals surface area contributed by atoms with E-state index >= 15 is 0 Å². The minimum absolute atomic E-state index is 0.0360. The number of hydrogen-bond donors (Lipinski definition) is 1. The van der Waals surface area contributed by atoms with Gasteiger partial charge in [-0.1, -0.05) is 0 Å². The molecular formula is C13H15F5N3O6P. The molecule has 1 aromatic heterocycles. The molecule has 0 spiro atoms.